The van der Waals surface area contributed by atoms with Crippen molar-refractivity contribution in [3.8, 4) is 11.1 Å². The Balaban J connectivity index is 0.000000499. The maximum Gasteiger partial charge on any atom is 0.137 e. The first-order valence-electron chi connectivity index (χ1n) is 11.5. The van der Waals surface area contributed by atoms with Gasteiger partial charge in [-0.05, 0) is 65.8 Å². The minimum atomic E-state index is 0.478. The lowest BCUT2D eigenvalue weighted by Gasteiger charge is -2.16. The zero-order chi connectivity index (χ0) is 24.2. The minimum Gasteiger partial charge on any atom is -0.299 e. The molecule has 34 heavy (non-hydrogen) atoms. The van der Waals surface area contributed by atoms with E-state index in [0.29, 0.717) is 5.49 Å². The molecular formula is C32H30N2. The van der Waals surface area contributed by atoms with E-state index in [9.17, 15) is 0 Å². The molecule has 0 fully saturated rings. The Morgan fingerprint density at radius 2 is 1.56 bits per heavy atom. The number of nitrogens with zero attached hydrogens (tertiary/aromatic N) is 1. The Morgan fingerprint density at radius 3 is 2.24 bits per heavy atom. The predicted octanol–water partition coefficient (Wildman–Crippen LogP) is 8.64. The number of rotatable bonds is 3. The first-order valence-corrected chi connectivity index (χ1v) is 11.5. The van der Waals surface area contributed by atoms with E-state index in [2.05, 4.69) is 92.9 Å². The smallest absolute Gasteiger partial charge is 0.137 e. The van der Waals surface area contributed by atoms with Crippen LogP contribution in [0.3, 0.4) is 0 Å². The van der Waals surface area contributed by atoms with Gasteiger partial charge in [0.2, 0.25) is 0 Å². The molecule has 0 aliphatic carbocycles. The monoisotopic (exact) mass is 442 g/mol. The lowest BCUT2D eigenvalue weighted by atomic mass is 9.93. The number of benzene rings is 4. The Bertz CT molecular complexity index is 1630. The average Bonchev–Trinajstić information content (AvgIpc) is 2.85. The molecule has 4 aromatic carbocycles. The van der Waals surface area contributed by atoms with E-state index in [-0.39, 0.29) is 0 Å². The molecule has 1 N–H and O–H groups in total. The van der Waals surface area contributed by atoms with Crippen LogP contribution in [0.25, 0.3) is 49.3 Å². The number of aromatic nitrogens is 1. The number of hydrogen-bond acceptors (Lipinski definition) is 1. The topological polar surface area (TPSA) is 28.8 Å². The number of fused-ring (bicyclic) bond motifs is 4. The standard InChI is InChI=1S/C27H22N2.C5H8/c1-17(2)29-26-11-7-6-10-24(26)23-15-13-20(16-25(23)27(29)28)22-14-12-19-8-4-5-9-21(19)18(22)3;1-3-5-4-2/h4-16,28H,1H2,2-3H3;3-5H,1H2,2H3/b;5-4-. The van der Waals surface area contributed by atoms with Crippen LogP contribution in [-0.2, 0) is 0 Å². The highest BCUT2D eigenvalue weighted by molar-refractivity contribution is 6.07. The van der Waals surface area contributed by atoms with Crippen LogP contribution in [0.15, 0.2) is 110 Å². The lowest BCUT2D eigenvalue weighted by Crippen LogP contribution is -2.19. The molecule has 0 saturated heterocycles. The molecule has 0 unspecified atom stereocenters. The molecule has 5 aromatic rings. The van der Waals surface area contributed by atoms with Crippen molar-refractivity contribution in [2.45, 2.75) is 20.8 Å². The van der Waals surface area contributed by atoms with Gasteiger partial charge in [-0.1, -0.05) is 98.1 Å². The van der Waals surface area contributed by atoms with E-state index >= 15 is 0 Å². The molecule has 0 bridgehead atoms. The van der Waals surface area contributed by atoms with Crippen molar-refractivity contribution in [2.75, 3.05) is 0 Å². The summed E-state index contributed by atoms with van der Waals surface area (Å²) in [5, 5.41) is 14.6. The van der Waals surface area contributed by atoms with Crippen LogP contribution in [0.2, 0.25) is 0 Å². The zero-order valence-corrected chi connectivity index (χ0v) is 20.1. The minimum absolute atomic E-state index is 0.478. The summed E-state index contributed by atoms with van der Waals surface area (Å²) in [6.45, 7) is 13.7. The van der Waals surface area contributed by atoms with Crippen LogP contribution < -0.4 is 5.49 Å². The number of hydrogen-bond donors (Lipinski definition) is 1. The van der Waals surface area contributed by atoms with E-state index in [4.69, 9.17) is 5.41 Å². The van der Waals surface area contributed by atoms with Crippen molar-refractivity contribution in [3.05, 3.63) is 121 Å². The van der Waals surface area contributed by atoms with Crippen molar-refractivity contribution in [2.24, 2.45) is 0 Å². The molecule has 0 aliphatic rings. The summed E-state index contributed by atoms with van der Waals surface area (Å²) in [6.07, 6.45) is 5.58. The largest absolute Gasteiger partial charge is 0.299 e. The first kappa shape index (κ1) is 23.0. The molecule has 1 aromatic heterocycles. The van der Waals surface area contributed by atoms with Crippen LogP contribution in [0.5, 0.6) is 0 Å². The molecule has 2 heteroatoms. The van der Waals surface area contributed by atoms with Gasteiger partial charge in [0.05, 0.1) is 5.52 Å². The van der Waals surface area contributed by atoms with Gasteiger partial charge in [0.25, 0.3) is 0 Å². The van der Waals surface area contributed by atoms with Crippen LogP contribution >= 0.6 is 0 Å². The summed E-state index contributed by atoms with van der Waals surface area (Å²) in [7, 11) is 0. The van der Waals surface area contributed by atoms with E-state index in [1.165, 1.54) is 21.9 Å². The maximum atomic E-state index is 8.90. The number of aryl methyl sites for hydroxylation is 1. The fourth-order valence-corrected chi connectivity index (χ4v) is 4.55. The number of pyridine rings is 1. The summed E-state index contributed by atoms with van der Waals surface area (Å²) < 4.78 is 1.94. The molecule has 0 atom stereocenters. The van der Waals surface area contributed by atoms with Crippen molar-refractivity contribution >= 4 is 38.1 Å². The second-order valence-electron chi connectivity index (χ2n) is 8.42. The molecule has 0 radical (unpaired) electrons. The summed E-state index contributed by atoms with van der Waals surface area (Å²) >= 11 is 0. The SMILES string of the molecule is C=C(C)n1c(=N)c2cc(-c3ccc4ccccc4c3C)ccc2c2ccccc21.C=C/C=C\C. The lowest BCUT2D eigenvalue weighted by molar-refractivity contribution is 1.00. The molecule has 0 aliphatic heterocycles. The van der Waals surface area contributed by atoms with Gasteiger partial charge in [-0.25, -0.2) is 0 Å². The first-order chi connectivity index (χ1) is 16.5. The van der Waals surface area contributed by atoms with Gasteiger partial charge in [0.15, 0.2) is 0 Å². The van der Waals surface area contributed by atoms with Gasteiger partial charge in [0.1, 0.15) is 5.49 Å². The van der Waals surface area contributed by atoms with Crippen LogP contribution in [-0.4, -0.2) is 4.57 Å². The fraction of sp³-hybridized carbons (Fsp3) is 0.0938. The third kappa shape index (κ3) is 4.11. The number of para-hydroxylation sites is 1. The highest BCUT2D eigenvalue weighted by Crippen LogP contribution is 2.32. The van der Waals surface area contributed by atoms with Gasteiger partial charge < -0.3 is 0 Å². The number of nitrogens with one attached hydrogen (secondary N) is 1. The second kappa shape index (κ2) is 9.76. The summed E-state index contributed by atoms with van der Waals surface area (Å²) in [5.74, 6) is 0. The average molecular weight is 443 g/mol. The van der Waals surface area contributed by atoms with Crippen LogP contribution in [0, 0.1) is 12.3 Å². The third-order valence-corrected chi connectivity index (χ3v) is 6.15. The summed E-state index contributed by atoms with van der Waals surface area (Å²) in [5.41, 5.74) is 5.96. The molecule has 0 spiro atoms. The van der Waals surface area contributed by atoms with E-state index < -0.39 is 0 Å². The van der Waals surface area contributed by atoms with Crippen molar-refractivity contribution in [1.82, 2.24) is 4.57 Å². The summed E-state index contributed by atoms with van der Waals surface area (Å²) in [6, 6.07) is 27.6. The molecule has 0 saturated carbocycles. The highest BCUT2D eigenvalue weighted by Gasteiger charge is 2.12. The Morgan fingerprint density at radius 1 is 0.853 bits per heavy atom. The molecular weight excluding hydrogens is 412 g/mol. The van der Waals surface area contributed by atoms with Gasteiger partial charge in [-0.15, -0.1) is 0 Å². The predicted molar refractivity (Wildman–Crippen MR) is 149 cm³/mol. The third-order valence-electron chi connectivity index (χ3n) is 6.15. The molecule has 5 rings (SSSR count). The molecule has 1 heterocycles. The molecule has 0 amide bonds. The molecule has 168 valence electrons. The normalized spacial score (nSPS) is 11.0. The number of allylic oxidation sites excluding steroid dienone is 4. The molecule has 2 nitrogen and oxygen atoms in total. The van der Waals surface area contributed by atoms with Crippen molar-refractivity contribution < 1.29 is 0 Å². The Labute approximate surface area is 201 Å². The highest BCUT2D eigenvalue weighted by atomic mass is 15.0. The van der Waals surface area contributed by atoms with Gasteiger partial charge in [-0.3, -0.25) is 9.98 Å². The van der Waals surface area contributed by atoms with E-state index in [1.807, 2.05) is 36.6 Å². The van der Waals surface area contributed by atoms with E-state index in [0.717, 1.165) is 32.9 Å². The summed E-state index contributed by atoms with van der Waals surface area (Å²) in [4.78, 5) is 0. The zero-order valence-electron chi connectivity index (χ0n) is 20.1. The second-order valence-corrected chi connectivity index (χ2v) is 8.42. The van der Waals surface area contributed by atoms with Crippen LogP contribution in [0.1, 0.15) is 19.4 Å². The van der Waals surface area contributed by atoms with Crippen molar-refractivity contribution in [3.63, 3.8) is 0 Å². The van der Waals surface area contributed by atoms with E-state index in [1.54, 1.807) is 6.08 Å². The fourth-order valence-electron chi connectivity index (χ4n) is 4.55. The van der Waals surface area contributed by atoms with Crippen molar-refractivity contribution in [1.29, 1.82) is 5.41 Å². The van der Waals surface area contributed by atoms with Gasteiger partial charge in [0, 0.05) is 16.5 Å². The maximum absolute atomic E-state index is 8.90. The van der Waals surface area contributed by atoms with Crippen LogP contribution in [0.4, 0.5) is 0 Å². The van der Waals surface area contributed by atoms with Gasteiger partial charge >= 0.3 is 0 Å². The quantitative estimate of drug-likeness (QED) is 0.214. The van der Waals surface area contributed by atoms with Gasteiger partial charge in [-0.2, -0.15) is 0 Å². The Kier molecular flexibility index (Phi) is 6.60. The Hall–Kier alpha value is -4.17.